The molecule has 0 aliphatic heterocycles. The van der Waals surface area contributed by atoms with Gasteiger partial charge in [0, 0.05) is 11.5 Å². The molecule has 88 valence electrons. The van der Waals surface area contributed by atoms with Gasteiger partial charge in [-0.25, -0.2) is 0 Å². The van der Waals surface area contributed by atoms with Crippen molar-refractivity contribution in [2.24, 2.45) is 0 Å². The van der Waals surface area contributed by atoms with E-state index in [1.165, 1.54) is 16.9 Å². The molecular weight excluding hydrogens is 222 g/mol. The Morgan fingerprint density at radius 1 is 0.941 bits per heavy atom. The van der Waals surface area contributed by atoms with Crippen molar-refractivity contribution >= 4 is 13.4 Å². The maximum absolute atomic E-state index is 4.52. The van der Waals surface area contributed by atoms with E-state index in [1.807, 2.05) is 12.3 Å². The van der Waals surface area contributed by atoms with E-state index in [0.29, 0.717) is 0 Å². The Morgan fingerprint density at radius 3 is 2.29 bits per heavy atom. The van der Waals surface area contributed by atoms with Crippen molar-refractivity contribution in [1.82, 2.24) is 4.98 Å². The molecule has 2 rings (SSSR count). The van der Waals surface area contributed by atoms with Gasteiger partial charge in [-0.3, -0.25) is 4.98 Å². The quantitative estimate of drug-likeness (QED) is 0.749. The maximum Gasteiger partial charge on any atom is 0.105 e. The van der Waals surface area contributed by atoms with Crippen LogP contribution in [0.15, 0.2) is 54.7 Å². The van der Waals surface area contributed by atoms with Crippen LogP contribution in [0.2, 0.25) is 19.1 Å². The van der Waals surface area contributed by atoms with Crippen LogP contribution in [-0.4, -0.2) is 13.1 Å². The summed E-state index contributed by atoms with van der Waals surface area (Å²) in [5, 5.41) is 1.32. The van der Waals surface area contributed by atoms with Gasteiger partial charge in [-0.05, 0) is 30.2 Å². The highest BCUT2D eigenvalue weighted by Gasteiger charge is 2.24. The summed E-state index contributed by atoms with van der Waals surface area (Å²) < 4.78 is 0. The maximum atomic E-state index is 4.52. The lowest BCUT2D eigenvalue weighted by atomic mass is 10.2. The van der Waals surface area contributed by atoms with Crippen molar-refractivity contribution in [3.8, 4) is 0 Å². The molecule has 17 heavy (non-hydrogen) atoms. The fraction of sp³-hybridized carbons (Fsp3) is 0.267. The van der Waals surface area contributed by atoms with Crippen molar-refractivity contribution in [1.29, 1.82) is 0 Å². The zero-order valence-corrected chi connectivity index (χ0v) is 11.6. The molecule has 0 atom stereocenters. The Labute approximate surface area is 105 Å². The van der Waals surface area contributed by atoms with Gasteiger partial charge in [0.15, 0.2) is 0 Å². The summed E-state index contributed by atoms with van der Waals surface area (Å²) in [6.45, 7) is 4.80. The van der Waals surface area contributed by atoms with Crippen LogP contribution in [0.4, 0.5) is 0 Å². The van der Waals surface area contributed by atoms with Crippen LogP contribution in [-0.2, 0) is 6.42 Å². The van der Waals surface area contributed by atoms with Gasteiger partial charge in [-0.2, -0.15) is 0 Å². The Morgan fingerprint density at radius 2 is 1.65 bits per heavy atom. The summed E-state index contributed by atoms with van der Waals surface area (Å²) in [6, 6.07) is 18.3. The van der Waals surface area contributed by atoms with E-state index in [2.05, 4.69) is 60.5 Å². The van der Waals surface area contributed by atoms with Gasteiger partial charge in [0.1, 0.15) is 8.07 Å². The van der Waals surface area contributed by atoms with E-state index < -0.39 is 8.07 Å². The monoisotopic (exact) mass is 241 g/mol. The predicted molar refractivity (Wildman–Crippen MR) is 76.3 cm³/mol. The molecule has 2 heteroatoms. The third kappa shape index (κ3) is 3.27. The molecule has 1 aromatic heterocycles. The Hall–Kier alpha value is -1.41. The predicted octanol–water partition coefficient (Wildman–Crippen LogP) is 3.24. The van der Waals surface area contributed by atoms with Gasteiger partial charge < -0.3 is 0 Å². The summed E-state index contributed by atoms with van der Waals surface area (Å²) >= 11 is 0. The summed E-state index contributed by atoms with van der Waals surface area (Å²) in [6.07, 6.45) is 3.07. The fourth-order valence-corrected chi connectivity index (χ4v) is 4.13. The van der Waals surface area contributed by atoms with Gasteiger partial charge in [0.2, 0.25) is 0 Å². The normalized spacial score (nSPS) is 11.4. The lowest BCUT2D eigenvalue weighted by Crippen LogP contribution is -2.43. The molecule has 0 amide bonds. The highest BCUT2D eigenvalue weighted by Crippen LogP contribution is 2.13. The van der Waals surface area contributed by atoms with Crippen molar-refractivity contribution in [3.63, 3.8) is 0 Å². The Balaban J connectivity index is 2.03. The number of aromatic nitrogens is 1. The van der Waals surface area contributed by atoms with Crippen LogP contribution < -0.4 is 5.32 Å². The molecule has 1 aromatic carbocycles. The number of nitrogens with zero attached hydrogens (tertiary/aromatic N) is 1. The molecule has 2 aromatic rings. The molecule has 0 radical (unpaired) electrons. The van der Waals surface area contributed by atoms with Crippen molar-refractivity contribution in [3.05, 3.63) is 60.3 Å². The number of rotatable bonds is 4. The molecule has 0 N–H and O–H groups in total. The number of aryl methyl sites for hydroxylation is 1. The first-order chi connectivity index (χ1) is 8.18. The second-order valence-corrected chi connectivity index (χ2v) is 9.86. The minimum absolute atomic E-state index is 1.16. The van der Waals surface area contributed by atoms with E-state index >= 15 is 0 Å². The molecule has 0 aliphatic carbocycles. The molecular formula is C15H19NSi. The summed E-state index contributed by atoms with van der Waals surface area (Å²) in [5.74, 6) is 0. The summed E-state index contributed by atoms with van der Waals surface area (Å²) in [5.41, 5.74) is 1.43. The lowest BCUT2D eigenvalue weighted by Gasteiger charge is -2.21. The average Bonchev–Trinajstić information content (AvgIpc) is 2.39. The Kier molecular flexibility index (Phi) is 3.74. The molecule has 0 spiro atoms. The first-order valence-electron chi connectivity index (χ1n) is 6.14. The third-order valence-electron chi connectivity index (χ3n) is 3.24. The first-order valence-corrected chi connectivity index (χ1v) is 9.35. The van der Waals surface area contributed by atoms with Crippen LogP contribution >= 0.6 is 0 Å². The standard InChI is InChI=1S/C15H19NSi/c1-17(2,15-10-6-7-12-16-15)13-11-14-8-4-3-5-9-14/h3-10,12H,11,13H2,1-2H3. The zero-order valence-electron chi connectivity index (χ0n) is 10.6. The van der Waals surface area contributed by atoms with Gasteiger partial charge in [0.25, 0.3) is 0 Å². The third-order valence-corrected chi connectivity index (χ3v) is 6.42. The highest BCUT2D eigenvalue weighted by atomic mass is 28.3. The first kappa shape index (κ1) is 12.1. The molecule has 0 aliphatic rings. The second-order valence-electron chi connectivity index (χ2n) is 5.08. The summed E-state index contributed by atoms with van der Waals surface area (Å²) in [7, 11) is -1.37. The molecule has 0 saturated carbocycles. The highest BCUT2D eigenvalue weighted by molar-refractivity contribution is 6.89. The minimum atomic E-state index is -1.37. The smallest absolute Gasteiger partial charge is 0.105 e. The van der Waals surface area contributed by atoms with Gasteiger partial charge in [0.05, 0.1) is 0 Å². The number of benzene rings is 1. The zero-order chi connectivity index (χ0) is 12.1. The Bertz CT molecular complexity index is 451. The minimum Gasteiger partial charge on any atom is -0.266 e. The molecule has 1 heterocycles. The van der Waals surface area contributed by atoms with E-state index in [1.54, 1.807) is 0 Å². The number of hydrogen-bond donors (Lipinski definition) is 0. The van der Waals surface area contributed by atoms with E-state index in [-0.39, 0.29) is 0 Å². The SMILES string of the molecule is C[Si](C)(CCc1ccccc1)c1ccccn1. The van der Waals surface area contributed by atoms with Crippen LogP contribution in [0, 0.1) is 0 Å². The summed E-state index contributed by atoms with van der Waals surface area (Å²) in [4.78, 5) is 4.52. The van der Waals surface area contributed by atoms with Crippen molar-refractivity contribution in [2.45, 2.75) is 25.6 Å². The fourth-order valence-electron chi connectivity index (χ4n) is 1.99. The van der Waals surface area contributed by atoms with E-state index in [0.717, 1.165) is 6.42 Å². The van der Waals surface area contributed by atoms with Gasteiger partial charge >= 0.3 is 0 Å². The molecule has 0 bridgehead atoms. The van der Waals surface area contributed by atoms with Crippen LogP contribution in [0.25, 0.3) is 0 Å². The van der Waals surface area contributed by atoms with E-state index in [4.69, 9.17) is 0 Å². The van der Waals surface area contributed by atoms with Gasteiger partial charge in [-0.15, -0.1) is 0 Å². The molecule has 0 saturated heterocycles. The molecule has 1 nitrogen and oxygen atoms in total. The average molecular weight is 241 g/mol. The van der Waals surface area contributed by atoms with Crippen LogP contribution in [0.5, 0.6) is 0 Å². The number of hydrogen-bond acceptors (Lipinski definition) is 1. The topological polar surface area (TPSA) is 12.9 Å². The molecule has 0 unspecified atom stereocenters. The largest absolute Gasteiger partial charge is 0.266 e. The van der Waals surface area contributed by atoms with Crippen LogP contribution in [0.3, 0.4) is 0 Å². The van der Waals surface area contributed by atoms with E-state index in [9.17, 15) is 0 Å². The van der Waals surface area contributed by atoms with Crippen molar-refractivity contribution in [2.75, 3.05) is 0 Å². The lowest BCUT2D eigenvalue weighted by molar-refractivity contribution is 1.09. The van der Waals surface area contributed by atoms with Crippen LogP contribution in [0.1, 0.15) is 5.56 Å². The number of pyridine rings is 1. The van der Waals surface area contributed by atoms with Crippen molar-refractivity contribution < 1.29 is 0 Å². The van der Waals surface area contributed by atoms with Gasteiger partial charge in [-0.1, -0.05) is 49.5 Å². The second kappa shape index (κ2) is 5.28. The molecule has 0 fully saturated rings.